The van der Waals surface area contributed by atoms with Crippen molar-refractivity contribution in [1.29, 1.82) is 0 Å². The molecular formula is C16H23NO. The summed E-state index contributed by atoms with van der Waals surface area (Å²) in [7, 11) is 0. The van der Waals surface area contributed by atoms with Gasteiger partial charge in [-0.3, -0.25) is 4.79 Å². The first kappa shape index (κ1) is 14.5. The van der Waals surface area contributed by atoms with Crippen LogP contribution in [0.1, 0.15) is 38.8 Å². The first-order valence-electron chi connectivity index (χ1n) is 6.30. The molecule has 0 N–H and O–H groups in total. The highest BCUT2D eigenvalue weighted by atomic mass is 16.2. The highest BCUT2D eigenvalue weighted by Crippen LogP contribution is 2.22. The molecule has 98 valence electrons. The molecule has 0 atom stereocenters. The highest BCUT2D eigenvalue weighted by Gasteiger charge is 2.13. The summed E-state index contributed by atoms with van der Waals surface area (Å²) in [6.45, 7) is 13.1. The SMILES string of the molecule is C=CCN(Cc1ccc(C(C)(C)C)cc1)C(C)=O. The highest BCUT2D eigenvalue weighted by molar-refractivity contribution is 5.73. The fraction of sp³-hybridized carbons (Fsp3) is 0.438. The molecule has 1 aromatic carbocycles. The minimum absolute atomic E-state index is 0.0785. The average molecular weight is 245 g/mol. The van der Waals surface area contributed by atoms with Gasteiger partial charge in [0.15, 0.2) is 0 Å². The van der Waals surface area contributed by atoms with Crippen molar-refractivity contribution in [3.63, 3.8) is 0 Å². The van der Waals surface area contributed by atoms with E-state index in [1.165, 1.54) is 5.56 Å². The topological polar surface area (TPSA) is 20.3 Å². The summed E-state index contributed by atoms with van der Waals surface area (Å²) in [5.74, 6) is 0.0785. The minimum Gasteiger partial charge on any atom is -0.335 e. The van der Waals surface area contributed by atoms with Crippen LogP contribution in [-0.4, -0.2) is 17.4 Å². The molecule has 0 spiro atoms. The van der Waals surface area contributed by atoms with Gasteiger partial charge in [-0.1, -0.05) is 51.1 Å². The Balaban J connectivity index is 2.79. The molecule has 1 amide bonds. The van der Waals surface area contributed by atoms with Gasteiger partial charge in [-0.15, -0.1) is 6.58 Å². The number of nitrogens with zero attached hydrogens (tertiary/aromatic N) is 1. The van der Waals surface area contributed by atoms with Gasteiger partial charge in [0.25, 0.3) is 0 Å². The van der Waals surface area contributed by atoms with Gasteiger partial charge in [0.1, 0.15) is 0 Å². The van der Waals surface area contributed by atoms with Crippen LogP contribution in [-0.2, 0) is 16.8 Å². The second kappa shape index (κ2) is 5.85. The lowest BCUT2D eigenvalue weighted by Crippen LogP contribution is -2.28. The molecule has 2 heteroatoms. The fourth-order valence-corrected chi connectivity index (χ4v) is 1.79. The molecule has 0 radical (unpaired) electrons. The molecule has 18 heavy (non-hydrogen) atoms. The van der Waals surface area contributed by atoms with Gasteiger partial charge in [0.05, 0.1) is 0 Å². The fourth-order valence-electron chi connectivity index (χ4n) is 1.79. The lowest BCUT2D eigenvalue weighted by molar-refractivity contribution is -0.128. The Morgan fingerprint density at radius 1 is 1.28 bits per heavy atom. The molecule has 0 aliphatic rings. The summed E-state index contributed by atoms with van der Waals surface area (Å²) >= 11 is 0. The molecule has 0 heterocycles. The van der Waals surface area contributed by atoms with E-state index in [1.807, 2.05) is 0 Å². The first-order chi connectivity index (χ1) is 8.34. The van der Waals surface area contributed by atoms with Gasteiger partial charge in [-0.2, -0.15) is 0 Å². The predicted octanol–water partition coefficient (Wildman–Crippen LogP) is 3.52. The van der Waals surface area contributed by atoms with E-state index in [0.717, 1.165) is 5.56 Å². The van der Waals surface area contributed by atoms with E-state index in [4.69, 9.17) is 0 Å². The molecule has 2 nitrogen and oxygen atoms in total. The summed E-state index contributed by atoms with van der Waals surface area (Å²) in [4.78, 5) is 13.2. The lowest BCUT2D eigenvalue weighted by Gasteiger charge is -2.21. The van der Waals surface area contributed by atoms with Crippen molar-refractivity contribution in [2.45, 2.75) is 39.7 Å². The Morgan fingerprint density at radius 3 is 2.22 bits per heavy atom. The molecular weight excluding hydrogens is 222 g/mol. The van der Waals surface area contributed by atoms with E-state index < -0.39 is 0 Å². The van der Waals surface area contributed by atoms with Gasteiger partial charge in [-0.25, -0.2) is 0 Å². The standard InChI is InChI=1S/C16H23NO/c1-6-11-17(13(2)18)12-14-7-9-15(10-8-14)16(3,4)5/h6-10H,1,11-12H2,2-5H3. The molecule has 1 rings (SSSR count). The predicted molar refractivity (Wildman–Crippen MR) is 76.4 cm³/mol. The van der Waals surface area contributed by atoms with E-state index in [-0.39, 0.29) is 11.3 Å². The third-order valence-electron chi connectivity index (χ3n) is 2.99. The number of carbonyl (C=O) groups excluding carboxylic acids is 1. The number of carbonyl (C=O) groups is 1. The second-order valence-corrected chi connectivity index (χ2v) is 5.64. The quantitative estimate of drug-likeness (QED) is 0.743. The first-order valence-corrected chi connectivity index (χ1v) is 6.30. The molecule has 0 unspecified atom stereocenters. The summed E-state index contributed by atoms with van der Waals surface area (Å²) in [6.07, 6.45) is 1.75. The molecule has 0 aromatic heterocycles. The van der Waals surface area contributed by atoms with Gasteiger partial charge < -0.3 is 4.90 Å². The van der Waals surface area contributed by atoms with Crippen LogP contribution >= 0.6 is 0 Å². The van der Waals surface area contributed by atoms with Crippen LogP contribution < -0.4 is 0 Å². The Hall–Kier alpha value is -1.57. The number of benzene rings is 1. The number of amides is 1. The van der Waals surface area contributed by atoms with E-state index in [2.05, 4.69) is 51.6 Å². The molecule has 1 aromatic rings. The molecule has 0 saturated heterocycles. The van der Waals surface area contributed by atoms with E-state index in [0.29, 0.717) is 13.1 Å². The largest absolute Gasteiger partial charge is 0.335 e. The summed E-state index contributed by atoms with van der Waals surface area (Å²) in [5.41, 5.74) is 2.63. The van der Waals surface area contributed by atoms with Gasteiger partial charge >= 0.3 is 0 Å². The smallest absolute Gasteiger partial charge is 0.220 e. The zero-order valence-electron chi connectivity index (χ0n) is 11.9. The average Bonchev–Trinajstić information content (AvgIpc) is 2.28. The second-order valence-electron chi connectivity index (χ2n) is 5.64. The summed E-state index contributed by atoms with van der Waals surface area (Å²) in [5, 5.41) is 0. The maximum absolute atomic E-state index is 11.4. The maximum Gasteiger partial charge on any atom is 0.220 e. The third-order valence-corrected chi connectivity index (χ3v) is 2.99. The van der Waals surface area contributed by atoms with Gasteiger partial charge in [0.2, 0.25) is 5.91 Å². The van der Waals surface area contributed by atoms with E-state index in [9.17, 15) is 4.79 Å². The van der Waals surface area contributed by atoms with Crippen molar-refractivity contribution in [2.24, 2.45) is 0 Å². The van der Waals surface area contributed by atoms with Crippen LogP contribution in [0.15, 0.2) is 36.9 Å². The lowest BCUT2D eigenvalue weighted by atomic mass is 9.87. The zero-order valence-corrected chi connectivity index (χ0v) is 11.9. The van der Waals surface area contributed by atoms with Crippen molar-refractivity contribution in [2.75, 3.05) is 6.54 Å². The van der Waals surface area contributed by atoms with Crippen molar-refractivity contribution in [1.82, 2.24) is 4.90 Å². The van der Waals surface area contributed by atoms with Crippen molar-refractivity contribution in [3.05, 3.63) is 48.0 Å². The maximum atomic E-state index is 11.4. The van der Waals surface area contributed by atoms with Crippen LogP contribution in [0.3, 0.4) is 0 Å². The monoisotopic (exact) mass is 245 g/mol. The molecule has 0 aliphatic heterocycles. The van der Waals surface area contributed by atoms with Gasteiger partial charge in [-0.05, 0) is 16.5 Å². The zero-order chi connectivity index (χ0) is 13.8. The molecule has 0 bridgehead atoms. The molecule has 0 saturated carbocycles. The van der Waals surface area contributed by atoms with Crippen molar-refractivity contribution in [3.8, 4) is 0 Å². The number of hydrogen-bond acceptors (Lipinski definition) is 1. The normalized spacial score (nSPS) is 11.1. The van der Waals surface area contributed by atoms with E-state index in [1.54, 1.807) is 17.9 Å². The van der Waals surface area contributed by atoms with Crippen molar-refractivity contribution >= 4 is 5.91 Å². The van der Waals surface area contributed by atoms with Crippen LogP contribution in [0.2, 0.25) is 0 Å². The Labute approximate surface area is 110 Å². The van der Waals surface area contributed by atoms with Gasteiger partial charge in [0, 0.05) is 20.0 Å². The Morgan fingerprint density at radius 2 is 1.83 bits per heavy atom. The Kier molecular flexibility index (Phi) is 4.71. The number of rotatable bonds is 4. The molecule has 0 aliphatic carbocycles. The van der Waals surface area contributed by atoms with Crippen LogP contribution in [0.25, 0.3) is 0 Å². The van der Waals surface area contributed by atoms with E-state index >= 15 is 0 Å². The van der Waals surface area contributed by atoms with Crippen LogP contribution in [0, 0.1) is 0 Å². The Bertz CT molecular complexity index is 412. The van der Waals surface area contributed by atoms with Crippen LogP contribution in [0.4, 0.5) is 0 Å². The summed E-state index contributed by atoms with van der Waals surface area (Å²) < 4.78 is 0. The minimum atomic E-state index is 0.0785. The third kappa shape index (κ3) is 4.02. The molecule has 0 fully saturated rings. The van der Waals surface area contributed by atoms with Crippen LogP contribution in [0.5, 0.6) is 0 Å². The van der Waals surface area contributed by atoms with Crippen molar-refractivity contribution < 1.29 is 4.79 Å². The summed E-state index contributed by atoms with van der Waals surface area (Å²) in [6, 6.07) is 8.47. The number of hydrogen-bond donors (Lipinski definition) is 0.